The standard InChI is InChI=1S/C10H10N6O2/c1-11-9(17)6-4-2-3-5-7(6)12-10(18)8-13-15-16-14-8/h2-5H,1H3,(H,11,17)(H,12,18)(H,13,14,15,16). The molecule has 0 fully saturated rings. The third-order valence-electron chi connectivity index (χ3n) is 2.20. The number of carbonyl (C=O) groups excluding carboxylic acids is 2. The highest BCUT2D eigenvalue weighted by Gasteiger charge is 2.15. The zero-order valence-electron chi connectivity index (χ0n) is 9.47. The molecule has 0 aliphatic rings. The van der Waals surface area contributed by atoms with Gasteiger partial charge in [-0.1, -0.05) is 12.1 Å². The molecule has 1 heterocycles. The van der Waals surface area contributed by atoms with Gasteiger partial charge < -0.3 is 10.6 Å². The predicted molar refractivity (Wildman–Crippen MR) is 62.0 cm³/mol. The molecule has 0 unspecified atom stereocenters. The minimum absolute atomic E-state index is 0.0956. The molecule has 0 spiro atoms. The Kier molecular flexibility index (Phi) is 3.28. The molecule has 3 N–H and O–H groups in total. The molecule has 0 saturated carbocycles. The van der Waals surface area contributed by atoms with Crippen LogP contribution in [-0.2, 0) is 0 Å². The Morgan fingerprint density at radius 2 is 2.00 bits per heavy atom. The lowest BCUT2D eigenvalue weighted by molar-refractivity contribution is 0.0964. The minimum atomic E-state index is -0.542. The molecule has 0 atom stereocenters. The second kappa shape index (κ2) is 5.04. The largest absolute Gasteiger partial charge is 0.355 e. The zero-order chi connectivity index (χ0) is 13.0. The van der Waals surface area contributed by atoms with Gasteiger partial charge in [0.1, 0.15) is 0 Å². The van der Waals surface area contributed by atoms with Gasteiger partial charge >= 0.3 is 0 Å². The number of para-hydroxylation sites is 1. The van der Waals surface area contributed by atoms with E-state index in [1.807, 2.05) is 0 Å². The first kappa shape index (κ1) is 11.7. The molecular formula is C10H10N6O2. The molecule has 0 saturated heterocycles. The molecule has 92 valence electrons. The summed E-state index contributed by atoms with van der Waals surface area (Å²) in [5.41, 5.74) is 0.739. The number of amides is 2. The van der Waals surface area contributed by atoms with Crippen molar-refractivity contribution in [3.63, 3.8) is 0 Å². The van der Waals surface area contributed by atoms with Crippen molar-refractivity contribution < 1.29 is 9.59 Å². The van der Waals surface area contributed by atoms with Crippen LogP contribution in [0.4, 0.5) is 5.69 Å². The van der Waals surface area contributed by atoms with Gasteiger partial charge in [-0.15, -0.1) is 10.2 Å². The average Bonchev–Trinajstić information content (AvgIpc) is 2.92. The van der Waals surface area contributed by atoms with Crippen LogP contribution in [-0.4, -0.2) is 39.5 Å². The maximum atomic E-state index is 11.7. The van der Waals surface area contributed by atoms with E-state index in [2.05, 4.69) is 31.3 Å². The van der Waals surface area contributed by atoms with E-state index >= 15 is 0 Å². The summed E-state index contributed by atoms with van der Waals surface area (Å²) in [7, 11) is 1.51. The number of benzene rings is 1. The summed E-state index contributed by atoms with van der Waals surface area (Å²) in [4.78, 5) is 23.3. The van der Waals surface area contributed by atoms with Crippen LogP contribution in [0.5, 0.6) is 0 Å². The number of hydrogen-bond acceptors (Lipinski definition) is 5. The molecule has 2 amide bonds. The highest BCUT2D eigenvalue weighted by Crippen LogP contribution is 2.15. The van der Waals surface area contributed by atoms with Crippen molar-refractivity contribution in [2.75, 3.05) is 12.4 Å². The minimum Gasteiger partial charge on any atom is -0.355 e. The van der Waals surface area contributed by atoms with Gasteiger partial charge in [0.25, 0.3) is 17.6 Å². The van der Waals surface area contributed by atoms with Crippen molar-refractivity contribution in [2.24, 2.45) is 0 Å². The Labute approximate surface area is 102 Å². The summed E-state index contributed by atoms with van der Waals surface area (Å²) in [6, 6.07) is 6.63. The molecule has 0 bridgehead atoms. The van der Waals surface area contributed by atoms with Gasteiger partial charge in [-0.3, -0.25) is 9.59 Å². The topological polar surface area (TPSA) is 113 Å². The normalized spacial score (nSPS) is 9.83. The summed E-state index contributed by atoms with van der Waals surface area (Å²) in [6.45, 7) is 0. The van der Waals surface area contributed by atoms with E-state index < -0.39 is 5.91 Å². The van der Waals surface area contributed by atoms with Crippen molar-refractivity contribution in [3.05, 3.63) is 35.7 Å². The fraction of sp³-hybridized carbons (Fsp3) is 0.100. The molecule has 18 heavy (non-hydrogen) atoms. The van der Waals surface area contributed by atoms with E-state index in [1.54, 1.807) is 24.3 Å². The van der Waals surface area contributed by atoms with Crippen LogP contribution in [0, 0.1) is 0 Å². The second-order valence-corrected chi connectivity index (χ2v) is 3.31. The molecule has 2 rings (SSSR count). The second-order valence-electron chi connectivity index (χ2n) is 3.31. The van der Waals surface area contributed by atoms with Crippen LogP contribution in [0.2, 0.25) is 0 Å². The zero-order valence-corrected chi connectivity index (χ0v) is 9.47. The van der Waals surface area contributed by atoms with Gasteiger partial charge in [-0.05, 0) is 17.3 Å². The number of H-pyrrole nitrogens is 1. The molecule has 0 radical (unpaired) electrons. The Bertz CT molecular complexity index is 566. The quantitative estimate of drug-likeness (QED) is 0.694. The van der Waals surface area contributed by atoms with Gasteiger partial charge in [0.2, 0.25) is 0 Å². The summed E-state index contributed by atoms with van der Waals surface area (Å²) >= 11 is 0. The summed E-state index contributed by atoms with van der Waals surface area (Å²) in [5, 5.41) is 17.6. The van der Waals surface area contributed by atoms with Crippen molar-refractivity contribution in [3.8, 4) is 0 Å². The lowest BCUT2D eigenvalue weighted by Gasteiger charge is -2.08. The van der Waals surface area contributed by atoms with E-state index in [4.69, 9.17) is 0 Å². The Morgan fingerprint density at radius 1 is 1.22 bits per heavy atom. The number of rotatable bonds is 3. The number of aromatic nitrogens is 4. The summed E-state index contributed by atoms with van der Waals surface area (Å²) in [6.07, 6.45) is 0. The van der Waals surface area contributed by atoms with E-state index in [9.17, 15) is 9.59 Å². The van der Waals surface area contributed by atoms with Gasteiger partial charge in [-0.2, -0.15) is 5.21 Å². The molecule has 1 aromatic heterocycles. The SMILES string of the molecule is CNC(=O)c1ccccc1NC(=O)c1nn[nH]n1. The van der Waals surface area contributed by atoms with Crippen molar-refractivity contribution in [2.45, 2.75) is 0 Å². The van der Waals surface area contributed by atoms with Crippen LogP contribution in [0.3, 0.4) is 0 Å². The lowest BCUT2D eigenvalue weighted by Crippen LogP contribution is -2.22. The van der Waals surface area contributed by atoms with Crippen LogP contribution in [0.1, 0.15) is 21.0 Å². The van der Waals surface area contributed by atoms with E-state index in [1.165, 1.54) is 7.05 Å². The van der Waals surface area contributed by atoms with Crippen LogP contribution < -0.4 is 10.6 Å². The molecule has 8 nitrogen and oxygen atoms in total. The Hall–Kier alpha value is -2.77. The number of tetrazole rings is 1. The number of nitrogens with one attached hydrogen (secondary N) is 3. The highest BCUT2D eigenvalue weighted by atomic mass is 16.2. The maximum Gasteiger partial charge on any atom is 0.297 e. The fourth-order valence-electron chi connectivity index (χ4n) is 1.36. The number of aromatic amines is 1. The summed E-state index contributed by atoms with van der Waals surface area (Å²) < 4.78 is 0. The monoisotopic (exact) mass is 246 g/mol. The first-order valence-electron chi connectivity index (χ1n) is 5.08. The van der Waals surface area contributed by atoms with Crippen molar-refractivity contribution in [1.29, 1.82) is 0 Å². The van der Waals surface area contributed by atoms with Crippen molar-refractivity contribution >= 4 is 17.5 Å². The van der Waals surface area contributed by atoms with Gasteiger partial charge in [0, 0.05) is 7.05 Å². The van der Waals surface area contributed by atoms with E-state index in [0.29, 0.717) is 11.3 Å². The van der Waals surface area contributed by atoms with Crippen LogP contribution in [0.25, 0.3) is 0 Å². The smallest absolute Gasteiger partial charge is 0.297 e. The average molecular weight is 246 g/mol. The van der Waals surface area contributed by atoms with Gasteiger partial charge in [-0.25, -0.2) is 0 Å². The molecule has 0 aliphatic heterocycles. The third-order valence-corrected chi connectivity index (χ3v) is 2.20. The molecular weight excluding hydrogens is 236 g/mol. The third kappa shape index (κ3) is 2.32. The van der Waals surface area contributed by atoms with Gasteiger partial charge in [0.05, 0.1) is 11.3 Å². The molecule has 2 aromatic rings. The highest BCUT2D eigenvalue weighted by molar-refractivity contribution is 6.07. The number of carbonyl (C=O) groups is 2. The first-order chi connectivity index (χ1) is 8.72. The Balaban J connectivity index is 2.24. The molecule has 8 heteroatoms. The number of nitrogens with zero attached hydrogens (tertiary/aromatic N) is 3. The van der Waals surface area contributed by atoms with Crippen LogP contribution in [0.15, 0.2) is 24.3 Å². The van der Waals surface area contributed by atoms with E-state index in [0.717, 1.165) is 0 Å². The maximum absolute atomic E-state index is 11.7. The molecule has 0 aliphatic carbocycles. The fourth-order valence-corrected chi connectivity index (χ4v) is 1.36. The van der Waals surface area contributed by atoms with Crippen LogP contribution >= 0.6 is 0 Å². The summed E-state index contributed by atoms with van der Waals surface area (Å²) in [5.74, 6) is -0.930. The first-order valence-corrected chi connectivity index (χ1v) is 5.08. The molecule has 1 aromatic carbocycles. The number of hydrogen-bond donors (Lipinski definition) is 3. The van der Waals surface area contributed by atoms with E-state index in [-0.39, 0.29) is 11.7 Å². The van der Waals surface area contributed by atoms with Gasteiger partial charge in [0.15, 0.2) is 0 Å². The van der Waals surface area contributed by atoms with Crippen molar-refractivity contribution in [1.82, 2.24) is 25.9 Å². The predicted octanol–water partition coefficient (Wildman–Crippen LogP) is -0.188. The number of anilines is 1. The lowest BCUT2D eigenvalue weighted by atomic mass is 10.1. The Morgan fingerprint density at radius 3 is 2.67 bits per heavy atom.